The Morgan fingerprint density at radius 3 is 2.93 bits per heavy atom. The van der Waals surface area contributed by atoms with Crippen molar-refractivity contribution in [2.75, 3.05) is 0 Å². The minimum atomic E-state index is 0.531. The second kappa shape index (κ2) is 4.91. The van der Waals surface area contributed by atoms with Crippen molar-refractivity contribution in [1.29, 1.82) is 0 Å². The fraction of sp³-hybridized carbons (Fsp3) is 0.636. The number of rotatable bonds is 5. The Bertz CT molecular complexity index is 254. The van der Waals surface area contributed by atoms with Crippen molar-refractivity contribution in [1.82, 2.24) is 5.43 Å². The van der Waals surface area contributed by atoms with Gasteiger partial charge in [-0.2, -0.15) is 11.3 Å². The fourth-order valence-electron chi connectivity index (χ4n) is 2.05. The molecule has 1 aliphatic rings. The molecule has 1 heterocycles. The van der Waals surface area contributed by atoms with E-state index < -0.39 is 0 Å². The van der Waals surface area contributed by atoms with Crippen LogP contribution in [0.3, 0.4) is 0 Å². The minimum Gasteiger partial charge on any atom is -0.271 e. The van der Waals surface area contributed by atoms with Gasteiger partial charge in [-0.05, 0) is 54.0 Å². The second-order valence-corrected chi connectivity index (χ2v) is 4.91. The van der Waals surface area contributed by atoms with Gasteiger partial charge in [-0.25, -0.2) is 0 Å². The molecule has 1 aromatic rings. The number of nitrogens with one attached hydrogen (secondary N) is 1. The molecule has 0 aliphatic heterocycles. The van der Waals surface area contributed by atoms with E-state index in [1.54, 1.807) is 11.3 Å². The summed E-state index contributed by atoms with van der Waals surface area (Å²) >= 11 is 1.78. The van der Waals surface area contributed by atoms with E-state index in [2.05, 4.69) is 22.3 Å². The van der Waals surface area contributed by atoms with Gasteiger partial charge in [0.2, 0.25) is 0 Å². The van der Waals surface area contributed by atoms with Crippen LogP contribution >= 0.6 is 11.3 Å². The number of thiophene rings is 1. The molecule has 14 heavy (non-hydrogen) atoms. The third kappa shape index (κ3) is 2.35. The first-order valence-corrected chi connectivity index (χ1v) is 6.31. The molecule has 3 heteroatoms. The molecular weight excluding hydrogens is 192 g/mol. The topological polar surface area (TPSA) is 38.0 Å². The zero-order valence-corrected chi connectivity index (χ0v) is 9.22. The molecule has 0 bridgehead atoms. The summed E-state index contributed by atoms with van der Waals surface area (Å²) in [6, 6.07) is 2.74. The molecule has 1 atom stereocenters. The minimum absolute atomic E-state index is 0.531. The van der Waals surface area contributed by atoms with Gasteiger partial charge in [0.15, 0.2) is 0 Å². The van der Waals surface area contributed by atoms with E-state index in [-0.39, 0.29) is 0 Å². The van der Waals surface area contributed by atoms with Crippen LogP contribution < -0.4 is 11.3 Å². The van der Waals surface area contributed by atoms with E-state index in [0.29, 0.717) is 6.04 Å². The van der Waals surface area contributed by atoms with E-state index >= 15 is 0 Å². The molecule has 1 unspecified atom stereocenters. The molecule has 78 valence electrons. The van der Waals surface area contributed by atoms with Gasteiger partial charge < -0.3 is 0 Å². The van der Waals surface area contributed by atoms with Crippen LogP contribution in [0.5, 0.6) is 0 Å². The van der Waals surface area contributed by atoms with E-state index in [1.807, 2.05) is 0 Å². The maximum atomic E-state index is 5.58. The summed E-state index contributed by atoms with van der Waals surface area (Å²) in [4.78, 5) is 0. The molecule has 0 saturated heterocycles. The largest absolute Gasteiger partial charge is 0.271 e. The molecule has 0 radical (unpaired) electrons. The number of aryl methyl sites for hydroxylation is 1. The first-order chi connectivity index (χ1) is 6.90. The lowest BCUT2D eigenvalue weighted by molar-refractivity contribution is 0.221. The lowest BCUT2D eigenvalue weighted by Crippen LogP contribution is -2.43. The Hall–Kier alpha value is -0.380. The molecule has 0 amide bonds. The monoisotopic (exact) mass is 210 g/mol. The average Bonchev–Trinajstić information content (AvgIpc) is 2.61. The van der Waals surface area contributed by atoms with Gasteiger partial charge in [0.1, 0.15) is 0 Å². The summed E-state index contributed by atoms with van der Waals surface area (Å²) in [7, 11) is 0. The van der Waals surface area contributed by atoms with E-state index in [9.17, 15) is 0 Å². The van der Waals surface area contributed by atoms with E-state index in [0.717, 1.165) is 12.3 Å². The highest BCUT2D eigenvalue weighted by Gasteiger charge is 2.25. The summed E-state index contributed by atoms with van der Waals surface area (Å²) < 4.78 is 0. The van der Waals surface area contributed by atoms with Gasteiger partial charge in [-0.1, -0.05) is 6.42 Å². The number of hydrogen-bond acceptors (Lipinski definition) is 3. The molecule has 0 spiro atoms. The first kappa shape index (κ1) is 10.1. The van der Waals surface area contributed by atoms with Crippen molar-refractivity contribution in [3.63, 3.8) is 0 Å². The smallest absolute Gasteiger partial charge is 0.0241 e. The van der Waals surface area contributed by atoms with Gasteiger partial charge in [-0.3, -0.25) is 11.3 Å². The maximum Gasteiger partial charge on any atom is 0.0241 e. The Balaban J connectivity index is 1.77. The number of hydrazine groups is 1. The quantitative estimate of drug-likeness (QED) is 0.578. The summed E-state index contributed by atoms with van der Waals surface area (Å²) in [5, 5.41) is 4.37. The molecule has 2 rings (SSSR count). The van der Waals surface area contributed by atoms with Gasteiger partial charge >= 0.3 is 0 Å². The molecule has 1 aromatic heterocycles. The zero-order chi connectivity index (χ0) is 9.80. The third-order valence-corrected chi connectivity index (χ3v) is 3.99. The standard InChI is InChI=1S/C11H18N2S/c12-13-11(10-2-1-3-10)5-4-9-6-7-14-8-9/h6-8,10-11,13H,1-5,12H2. The lowest BCUT2D eigenvalue weighted by Gasteiger charge is -2.33. The predicted molar refractivity (Wildman–Crippen MR) is 61.1 cm³/mol. The maximum absolute atomic E-state index is 5.58. The van der Waals surface area contributed by atoms with Crippen molar-refractivity contribution in [2.45, 2.75) is 38.1 Å². The van der Waals surface area contributed by atoms with Crippen molar-refractivity contribution < 1.29 is 0 Å². The summed E-state index contributed by atoms with van der Waals surface area (Å²) in [5.41, 5.74) is 4.42. The molecule has 3 N–H and O–H groups in total. The molecule has 2 nitrogen and oxygen atoms in total. The SMILES string of the molecule is NNC(CCc1ccsc1)C1CCC1. The Labute approximate surface area is 89.5 Å². The van der Waals surface area contributed by atoms with Crippen LogP contribution in [-0.4, -0.2) is 6.04 Å². The average molecular weight is 210 g/mol. The van der Waals surface area contributed by atoms with Gasteiger partial charge in [0.25, 0.3) is 0 Å². The summed E-state index contributed by atoms with van der Waals surface area (Å²) in [6.07, 6.45) is 6.45. The Morgan fingerprint density at radius 2 is 2.43 bits per heavy atom. The highest BCUT2D eigenvalue weighted by molar-refractivity contribution is 7.07. The fourth-order valence-corrected chi connectivity index (χ4v) is 2.76. The van der Waals surface area contributed by atoms with Crippen LogP contribution in [-0.2, 0) is 6.42 Å². The number of nitrogens with two attached hydrogens (primary N) is 1. The Morgan fingerprint density at radius 1 is 1.57 bits per heavy atom. The highest BCUT2D eigenvalue weighted by atomic mass is 32.1. The molecule has 0 aromatic carbocycles. The zero-order valence-electron chi connectivity index (χ0n) is 8.41. The molecule has 1 aliphatic carbocycles. The third-order valence-electron chi connectivity index (χ3n) is 3.26. The van der Waals surface area contributed by atoms with Gasteiger partial charge in [0, 0.05) is 6.04 Å². The van der Waals surface area contributed by atoms with Crippen molar-refractivity contribution in [2.24, 2.45) is 11.8 Å². The van der Waals surface area contributed by atoms with Crippen molar-refractivity contribution in [3.05, 3.63) is 22.4 Å². The van der Waals surface area contributed by atoms with Crippen molar-refractivity contribution in [3.8, 4) is 0 Å². The van der Waals surface area contributed by atoms with Crippen molar-refractivity contribution >= 4 is 11.3 Å². The predicted octanol–water partition coefficient (Wildman–Crippen LogP) is 2.31. The van der Waals surface area contributed by atoms with Crippen LogP contribution in [0.15, 0.2) is 16.8 Å². The Kier molecular flexibility index (Phi) is 3.56. The summed E-state index contributed by atoms with van der Waals surface area (Å²) in [6.45, 7) is 0. The van der Waals surface area contributed by atoms with Crippen LogP contribution in [0.4, 0.5) is 0 Å². The number of hydrogen-bond donors (Lipinski definition) is 2. The van der Waals surface area contributed by atoms with Crippen LogP contribution in [0.25, 0.3) is 0 Å². The van der Waals surface area contributed by atoms with Crippen LogP contribution in [0, 0.1) is 5.92 Å². The molecule has 1 saturated carbocycles. The second-order valence-electron chi connectivity index (χ2n) is 4.13. The van der Waals surface area contributed by atoms with Crippen LogP contribution in [0.2, 0.25) is 0 Å². The normalized spacial score (nSPS) is 19.2. The molecule has 1 fully saturated rings. The van der Waals surface area contributed by atoms with Gasteiger partial charge in [0.05, 0.1) is 0 Å². The first-order valence-electron chi connectivity index (χ1n) is 5.37. The van der Waals surface area contributed by atoms with Gasteiger partial charge in [-0.15, -0.1) is 0 Å². The van der Waals surface area contributed by atoms with E-state index in [1.165, 1.54) is 31.2 Å². The highest BCUT2D eigenvalue weighted by Crippen LogP contribution is 2.31. The summed E-state index contributed by atoms with van der Waals surface area (Å²) in [5.74, 6) is 6.41. The molecular formula is C11H18N2S. The van der Waals surface area contributed by atoms with E-state index in [4.69, 9.17) is 5.84 Å². The van der Waals surface area contributed by atoms with Crippen LogP contribution in [0.1, 0.15) is 31.2 Å². The lowest BCUT2D eigenvalue weighted by atomic mass is 9.78.